The van der Waals surface area contributed by atoms with Crippen LogP contribution in [0.3, 0.4) is 0 Å². The fraction of sp³-hybridized carbons (Fsp3) is 0.316. The Balaban J connectivity index is 1.55. The van der Waals surface area contributed by atoms with Crippen LogP contribution in [0.15, 0.2) is 41.0 Å². The first-order valence-electron chi connectivity index (χ1n) is 9.20. The molecule has 0 saturated carbocycles. The first kappa shape index (κ1) is 18.6. The fourth-order valence-electron chi connectivity index (χ4n) is 3.12. The van der Waals surface area contributed by atoms with E-state index in [4.69, 9.17) is 15.1 Å². The Hall–Kier alpha value is -2.75. The zero-order valence-corrected chi connectivity index (χ0v) is 16.3. The summed E-state index contributed by atoms with van der Waals surface area (Å²) in [5, 5.41) is 22.9. The van der Waals surface area contributed by atoms with Crippen molar-refractivity contribution in [2.24, 2.45) is 5.73 Å². The molecule has 8 nitrogen and oxygen atoms in total. The Morgan fingerprint density at radius 1 is 1.32 bits per heavy atom. The number of aromatic nitrogens is 4. The first-order valence-corrected chi connectivity index (χ1v) is 10.0. The number of hydrogen-bond donors (Lipinski definition) is 3. The van der Waals surface area contributed by atoms with Crippen molar-refractivity contribution in [1.29, 1.82) is 0 Å². The number of aliphatic hydroxyl groups is 1. The third kappa shape index (κ3) is 3.64. The van der Waals surface area contributed by atoms with Crippen LogP contribution in [0, 0.1) is 0 Å². The summed E-state index contributed by atoms with van der Waals surface area (Å²) in [7, 11) is 0. The van der Waals surface area contributed by atoms with Crippen LogP contribution in [0.1, 0.15) is 31.0 Å². The number of anilines is 1. The van der Waals surface area contributed by atoms with Gasteiger partial charge in [0.05, 0.1) is 17.3 Å². The van der Waals surface area contributed by atoms with E-state index >= 15 is 0 Å². The van der Waals surface area contributed by atoms with E-state index in [9.17, 15) is 5.11 Å². The molecule has 1 atom stereocenters. The minimum atomic E-state index is -0.916. The minimum absolute atomic E-state index is 0.515. The van der Waals surface area contributed by atoms with E-state index in [-0.39, 0.29) is 0 Å². The molecule has 0 aliphatic carbocycles. The average molecular weight is 398 g/mol. The van der Waals surface area contributed by atoms with Gasteiger partial charge in [0.1, 0.15) is 5.82 Å². The highest BCUT2D eigenvalue weighted by atomic mass is 32.1. The predicted molar refractivity (Wildman–Crippen MR) is 109 cm³/mol. The molecule has 3 heterocycles. The van der Waals surface area contributed by atoms with Gasteiger partial charge < -0.3 is 25.1 Å². The van der Waals surface area contributed by atoms with Crippen molar-refractivity contribution in [2.75, 3.05) is 11.9 Å². The molecule has 4 aromatic rings. The van der Waals surface area contributed by atoms with Gasteiger partial charge in [-0.15, -0.1) is 10.2 Å². The normalized spacial score (nSPS) is 12.5. The maximum absolute atomic E-state index is 10.6. The van der Waals surface area contributed by atoms with Crippen LogP contribution in [-0.4, -0.2) is 31.4 Å². The van der Waals surface area contributed by atoms with Crippen molar-refractivity contribution in [3.63, 3.8) is 0 Å². The average Bonchev–Trinajstić information content (AvgIpc) is 3.44. The Bertz CT molecular complexity index is 1060. The monoisotopic (exact) mass is 398 g/mol. The third-order valence-corrected chi connectivity index (χ3v) is 5.36. The van der Waals surface area contributed by atoms with Gasteiger partial charge in [-0.3, -0.25) is 0 Å². The van der Waals surface area contributed by atoms with Gasteiger partial charge in [0.25, 0.3) is 0 Å². The molecule has 9 heteroatoms. The molecule has 0 bridgehead atoms. The maximum Gasteiger partial charge on any atom is 0.208 e. The van der Waals surface area contributed by atoms with Gasteiger partial charge in [-0.05, 0) is 37.2 Å². The van der Waals surface area contributed by atoms with Crippen LogP contribution in [0.5, 0.6) is 0 Å². The lowest BCUT2D eigenvalue weighted by Gasteiger charge is -2.12. The molecule has 1 aromatic carbocycles. The molecule has 0 amide bonds. The van der Waals surface area contributed by atoms with E-state index in [0.29, 0.717) is 28.0 Å². The summed E-state index contributed by atoms with van der Waals surface area (Å²) in [5.41, 5.74) is 8.29. The van der Waals surface area contributed by atoms with E-state index in [1.54, 1.807) is 12.3 Å². The number of hydrogen-bond acceptors (Lipinski definition) is 8. The van der Waals surface area contributed by atoms with Crippen molar-refractivity contribution < 1.29 is 9.52 Å². The fourth-order valence-corrected chi connectivity index (χ4v) is 3.85. The van der Waals surface area contributed by atoms with Crippen molar-refractivity contribution in [3.05, 3.63) is 48.0 Å². The number of fused-ring (bicyclic) bond motifs is 1. The number of benzene rings is 1. The van der Waals surface area contributed by atoms with E-state index in [1.165, 1.54) is 11.3 Å². The van der Waals surface area contributed by atoms with Crippen molar-refractivity contribution in [2.45, 2.75) is 32.5 Å². The molecule has 1 unspecified atom stereocenters. The quantitative estimate of drug-likeness (QED) is 0.391. The molecular weight excluding hydrogens is 376 g/mol. The molecule has 4 rings (SSSR count). The highest BCUT2D eigenvalue weighted by molar-refractivity contribution is 7.18. The lowest BCUT2D eigenvalue weighted by molar-refractivity contribution is 0.208. The second-order valence-corrected chi connectivity index (χ2v) is 7.34. The molecule has 0 fully saturated rings. The minimum Gasteiger partial charge on any atom is -0.462 e. The number of aliphatic hydroxyl groups excluding tert-OH is 1. The maximum atomic E-state index is 10.6. The van der Waals surface area contributed by atoms with E-state index in [2.05, 4.69) is 27.0 Å². The zero-order chi connectivity index (χ0) is 19.5. The second kappa shape index (κ2) is 8.09. The van der Waals surface area contributed by atoms with Gasteiger partial charge in [0.2, 0.25) is 5.13 Å². The summed E-state index contributed by atoms with van der Waals surface area (Å²) in [5.74, 6) is 1.67. The highest BCUT2D eigenvalue weighted by Crippen LogP contribution is 2.29. The molecule has 0 aliphatic rings. The number of nitrogens with two attached hydrogens (primary N) is 1. The summed E-state index contributed by atoms with van der Waals surface area (Å²) in [6.07, 6.45) is 2.42. The Morgan fingerprint density at radius 3 is 2.96 bits per heavy atom. The number of furan rings is 1. The Labute approximate surface area is 166 Å². The number of rotatable bonds is 8. The summed E-state index contributed by atoms with van der Waals surface area (Å²) in [4.78, 5) is 4.72. The Kier molecular flexibility index (Phi) is 5.38. The van der Waals surface area contributed by atoms with E-state index < -0.39 is 6.23 Å². The van der Waals surface area contributed by atoms with E-state index in [1.807, 2.05) is 24.3 Å². The van der Waals surface area contributed by atoms with Gasteiger partial charge in [0.15, 0.2) is 17.0 Å². The summed E-state index contributed by atoms with van der Waals surface area (Å²) in [6, 6.07) is 9.41. The van der Waals surface area contributed by atoms with Crippen LogP contribution >= 0.6 is 11.3 Å². The number of nitrogens with one attached hydrogen (secondary N) is 1. The second-order valence-electron chi connectivity index (χ2n) is 6.36. The summed E-state index contributed by atoms with van der Waals surface area (Å²) in [6.45, 7) is 3.57. The van der Waals surface area contributed by atoms with Gasteiger partial charge in [-0.2, -0.15) is 0 Å². The van der Waals surface area contributed by atoms with E-state index in [0.717, 1.165) is 36.2 Å². The number of imidazole rings is 1. The molecule has 0 spiro atoms. The number of aryl methyl sites for hydroxylation is 2. The van der Waals surface area contributed by atoms with Crippen molar-refractivity contribution in [3.8, 4) is 10.8 Å². The number of nitrogens with zero attached hydrogens (tertiary/aromatic N) is 4. The smallest absolute Gasteiger partial charge is 0.208 e. The molecule has 0 radical (unpaired) electrons. The summed E-state index contributed by atoms with van der Waals surface area (Å²) >= 11 is 1.32. The third-order valence-electron chi connectivity index (χ3n) is 4.49. The standard InChI is InChI=1S/C19H22N6O2S/c1-2-16-21-13-11-12(6-7-14(13)25(16)9-4-8-20)17(26)22-19-24-23-18(28-19)15-5-3-10-27-15/h3,5-7,10-11,17,26H,2,4,8-9,20H2,1H3,(H,22,24). The molecule has 146 valence electrons. The predicted octanol–water partition coefficient (Wildman–Crippen LogP) is 3.16. The largest absolute Gasteiger partial charge is 0.462 e. The van der Waals surface area contributed by atoms with Crippen molar-refractivity contribution in [1.82, 2.24) is 19.7 Å². The van der Waals surface area contributed by atoms with Gasteiger partial charge in [-0.1, -0.05) is 24.3 Å². The molecule has 0 aliphatic heterocycles. The summed E-state index contributed by atoms with van der Waals surface area (Å²) < 4.78 is 7.52. The Morgan fingerprint density at radius 2 is 2.21 bits per heavy atom. The molecule has 28 heavy (non-hydrogen) atoms. The van der Waals surface area contributed by atoms with Crippen LogP contribution in [0.2, 0.25) is 0 Å². The van der Waals surface area contributed by atoms with Gasteiger partial charge in [-0.25, -0.2) is 4.98 Å². The SMILES string of the molecule is CCc1nc2cc(C(O)Nc3nnc(-c4ccco4)s3)ccc2n1CCCN. The van der Waals surface area contributed by atoms with Crippen LogP contribution in [0.25, 0.3) is 21.8 Å². The molecule has 3 aromatic heterocycles. The van der Waals surface area contributed by atoms with Gasteiger partial charge in [0, 0.05) is 18.5 Å². The molecule has 0 saturated heterocycles. The topological polar surface area (TPSA) is 115 Å². The van der Waals surface area contributed by atoms with Gasteiger partial charge >= 0.3 is 0 Å². The van der Waals surface area contributed by atoms with Crippen LogP contribution < -0.4 is 11.1 Å². The van der Waals surface area contributed by atoms with Crippen LogP contribution in [-0.2, 0) is 13.0 Å². The molecule has 4 N–H and O–H groups in total. The first-order chi connectivity index (χ1) is 13.7. The molecular formula is C19H22N6O2S. The van der Waals surface area contributed by atoms with Crippen LogP contribution in [0.4, 0.5) is 5.13 Å². The lowest BCUT2D eigenvalue weighted by Crippen LogP contribution is -2.10. The lowest BCUT2D eigenvalue weighted by atomic mass is 10.1. The zero-order valence-electron chi connectivity index (χ0n) is 15.5. The highest BCUT2D eigenvalue weighted by Gasteiger charge is 2.15. The van der Waals surface area contributed by atoms with Crippen molar-refractivity contribution >= 4 is 27.5 Å².